The summed E-state index contributed by atoms with van der Waals surface area (Å²) in [4.78, 5) is 13.4. The Bertz CT molecular complexity index is 434. The Morgan fingerprint density at radius 2 is 2.29 bits per heavy atom. The number of urea groups is 1. The van der Waals surface area contributed by atoms with E-state index in [9.17, 15) is 9.90 Å². The van der Waals surface area contributed by atoms with Crippen LogP contribution in [0.4, 0.5) is 10.5 Å². The molecular weight excluding hydrogens is 220 g/mol. The normalized spacial score (nSPS) is 20.0. The van der Waals surface area contributed by atoms with Gasteiger partial charge in [0.15, 0.2) is 11.5 Å². The third kappa shape index (κ3) is 2.27. The fourth-order valence-electron chi connectivity index (χ4n) is 1.88. The van der Waals surface area contributed by atoms with Crippen LogP contribution in [0.15, 0.2) is 18.2 Å². The molecule has 0 aliphatic carbocycles. The molecule has 5 heteroatoms. The average molecular weight is 236 g/mol. The SMILES string of the molecule is COc1ccc(N2CCC(C)NC2=O)cc1O. The molecular formula is C12H16N2O3. The lowest BCUT2D eigenvalue weighted by molar-refractivity contribution is 0.237. The fraction of sp³-hybridized carbons (Fsp3) is 0.417. The Labute approximate surface area is 100.0 Å². The van der Waals surface area contributed by atoms with E-state index >= 15 is 0 Å². The molecule has 1 heterocycles. The van der Waals surface area contributed by atoms with Crippen molar-refractivity contribution in [2.24, 2.45) is 0 Å². The van der Waals surface area contributed by atoms with Crippen LogP contribution in [0.1, 0.15) is 13.3 Å². The molecule has 92 valence electrons. The third-order valence-electron chi connectivity index (χ3n) is 2.87. The van der Waals surface area contributed by atoms with Crippen molar-refractivity contribution < 1.29 is 14.6 Å². The molecule has 2 amide bonds. The topological polar surface area (TPSA) is 61.8 Å². The molecule has 1 unspecified atom stereocenters. The number of methoxy groups -OCH3 is 1. The van der Waals surface area contributed by atoms with Gasteiger partial charge in [0.1, 0.15) is 0 Å². The number of nitrogens with zero attached hydrogens (tertiary/aromatic N) is 1. The number of rotatable bonds is 2. The van der Waals surface area contributed by atoms with E-state index < -0.39 is 0 Å². The van der Waals surface area contributed by atoms with E-state index in [1.807, 2.05) is 6.92 Å². The number of benzene rings is 1. The quantitative estimate of drug-likeness (QED) is 0.821. The van der Waals surface area contributed by atoms with Gasteiger partial charge in [0.2, 0.25) is 0 Å². The van der Waals surface area contributed by atoms with E-state index in [1.54, 1.807) is 17.0 Å². The Balaban J connectivity index is 2.22. The number of ether oxygens (including phenoxy) is 1. The minimum absolute atomic E-state index is 0.0384. The number of amides is 2. The van der Waals surface area contributed by atoms with Crippen LogP contribution >= 0.6 is 0 Å². The molecule has 1 aliphatic rings. The number of phenols is 1. The molecule has 1 saturated heterocycles. The van der Waals surface area contributed by atoms with E-state index in [-0.39, 0.29) is 17.8 Å². The van der Waals surface area contributed by atoms with E-state index in [0.29, 0.717) is 18.0 Å². The Morgan fingerprint density at radius 1 is 1.53 bits per heavy atom. The maximum absolute atomic E-state index is 11.8. The molecule has 1 atom stereocenters. The van der Waals surface area contributed by atoms with E-state index in [2.05, 4.69) is 5.32 Å². The summed E-state index contributed by atoms with van der Waals surface area (Å²) in [5.41, 5.74) is 0.674. The van der Waals surface area contributed by atoms with Crippen LogP contribution in [0.3, 0.4) is 0 Å². The van der Waals surface area contributed by atoms with Gasteiger partial charge in [-0.25, -0.2) is 4.79 Å². The second-order valence-corrected chi connectivity index (χ2v) is 4.15. The van der Waals surface area contributed by atoms with Gasteiger partial charge in [-0.3, -0.25) is 4.90 Å². The van der Waals surface area contributed by atoms with Crippen molar-refractivity contribution in [3.63, 3.8) is 0 Å². The maximum Gasteiger partial charge on any atom is 0.322 e. The standard InChI is InChI=1S/C12H16N2O3/c1-8-5-6-14(12(16)13-8)9-3-4-11(17-2)10(15)7-9/h3-4,7-8,15H,5-6H2,1-2H3,(H,13,16). The van der Waals surface area contributed by atoms with Crippen LogP contribution in [0, 0.1) is 0 Å². The summed E-state index contributed by atoms with van der Waals surface area (Å²) in [7, 11) is 1.49. The van der Waals surface area contributed by atoms with E-state index in [1.165, 1.54) is 13.2 Å². The first-order chi connectivity index (χ1) is 8.11. The first-order valence-electron chi connectivity index (χ1n) is 5.57. The number of nitrogens with one attached hydrogen (secondary N) is 1. The van der Waals surface area contributed by atoms with Crippen LogP contribution in [0.2, 0.25) is 0 Å². The zero-order chi connectivity index (χ0) is 12.4. The van der Waals surface area contributed by atoms with Crippen molar-refractivity contribution in [3.8, 4) is 11.5 Å². The van der Waals surface area contributed by atoms with Crippen LogP contribution in [0.5, 0.6) is 11.5 Å². The number of carbonyl (C=O) groups is 1. The van der Waals surface area contributed by atoms with Crippen molar-refractivity contribution in [2.75, 3.05) is 18.6 Å². The number of carbonyl (C=O) groups excluding carboxylic acids is 1. The summed E-state index contributed by atoms with van der Waals surface area (Å²) >= 11 is 0. The molecule has 0 saturated carbocycles. The van der Waals surface area contributed by atoms with Gasteiger partial charge >= 0.3 is 6.03 Å². The molecule has 17 heavy (non-hydrogen) atoms. The molecule has 0 aromatic heterocycles. The molecule has 2 rings (SSSR count). The van der Waals surface area contributed by atoms with Crippen molar-refractivity contribution in [1.82, 2.24) is 5.32 Å². The molecule has 0 bridgehead atoms. The van der Waals surface area contributed by atoms with Crippen LogP contribution in [-0.2, 0) is 0 Å². The lowest BCUT2D eigenvalue weighted by Gasteiger charge is -2.31. The molecule has 2 N–H and O–H groups in total. The predicted octanol–water partition coefficient (Wildman–Crippen LogP) is 1.71. The largest absolute Gasteiger partial charge is 0.504 e. The Hall–Kier alpha value is -1.91. The van der Waals surface area contributed by atoms with Crippen molar-refractivity contribution >= 4 is 11.7 Å². The molecule has 1 aromatic carbocycles. The number of aromatic hydroxyl groups is 1. The minimum atomic E-state index is -0.131. The van der Waals surface area contributed by atoms with Gasteiger partial charge < -0.3 is 15.2 Å². The van der Waals surface area contributed by atoms with Gasteiger partial charge in [0.05, 0.1) is 7.11 Å². The first kappa shape index (κ1) is 11.6. The highest BCUT2D eigenvalue weighted by atomic mass is 16.5. The molecule has 0 radical (unpaired) electrons. The molecule has 5 nitrogen and oxygen atoms in total. The Morgan fingerprint density at radius 3 is 2.88 bits per heavy atom. The highest BCUT2D eigenvalue weighted by molar-refractivity contribution is 5.93. The van der Waals surface area contributed by atoms with Crippen molar-refractivity contribution in [2.45, 2.75) is 19.4 Å². The highest BCUT2D eigenvalue weighted by Gasteiger charge is 2.23. The van der Waals surface area contributed by atoms with Gasteiger partial charge in [-0.2, -0.15) is 0 Å². The van der Waals surface area contributed by atoms with Crippen molar-refractivity contribution in [3.05, 3.63) is 18.2 Å². The van der Waals surface area contributed by atoms with E-state index in [0.717, 1.165) is 6.42 Å². The van der Waals surface area contributed by atoms with Gasteiger partial charge in [-0.1, -0.05) is 0 Å². The molecule has 0 spiro atoms. The zero-order valence-corrected chi connectivity index (χ0v) is 9.93. The first-order valence-corrected chi connectivity index (χ1v) is 5.57. The Kier molecular flexibility index (Phi) is 3.08. The maximum atomic E-state index is 11.8. The summed E-state index contributed by atoms with van der Waals surface area (Å²) in [6, 6.07) is 5.01. The lowest BCUT2D eigenvalue weighted by atomic mass is 10.1. The van der Waals surface area contributed by atoms with Gasteiger partial charge in [-0.15, -0.1) is 0 Å². The summed E-state index contributed by atoms with van der Waals surface area (Å²) in [5.74, 6) is 0.441. The number of anilines is 1. The molecule has 1 fully saturated rings. The monoisotopic (exact) mass is 236 g/mol. The second-order valence-electron chi connectivity index (χ2n) is 4.15. The molecule has 1 aliphatic heterocycles. The van der Waals surface area contributed by atoms with Crippen LogP contribution < -0.4 is 15.0 Å². The lowest BCUT2D eigenvalue weighted by Crippen LogP contribution is -2.50. The minimum Gasteiger partial charge on any atom is -0.504 e. The molecule has 1 aromatic rings. The fourth-order valence-corrected chi connectivity index (χ4v) is 1.88. The third-order valence-corrected chi connectivity index (χ3v) is 2.87. The highest BCUT2D eigenvalue weighted by Crippen LogP contribution is 2.31. The van der Waals surface area contributed by atoms with Crippen molar-refractivity contribution in [1.29, 1.82) is 0 Å². The number of hydrogen-bond donors (Lipinski definition) is 2. The average Bonchev–Trinajstić information content (AvgIpc) is 2.29. The number of phenolic OH excluding ortho intramolecular Hbond substituents is 1. The smallest absolute Gasteiger partial charge is 0.322 e. The summed E-state index contributed by atoms with van der Waals surface area (Å²) < 4.78 is 4.96. The van der Waals surface area contributed by atoms with E-state index in [4.69, 9.17) is 4.74 Å². The number of hydrogen-bond acceptors (Lipinski definition) is 3. The predicted molar refractivity (Wildman–Crippen MR) is 64.6 cm³/mol. The second kappa shape index (κ2) is 4.53. The summed E-state index contributed by atoms with van der Waals surface area (Å²) in [5, 5.41) is 12.5. The van der Waals surface area contributed by atoms with Gasteiger partial charge in [0.25, 0.3) is 0 Å². The van der Waals surface area contributed by atoms with Crippen LogP contribution in [0.25, 0.3) is 0 Å². The van der Waals surface area contributed by atoms with Gasteiger partial charge in [-0.05, 0) is 25.5 Å². The summed E-state index contributed by atoms with van der Waals surface area (Å²) in [6.07, 6.45) is 0.887. The summed E-state index contributed by atoms with van der Waals surface area (Å²) in [6.45, 7) is 2.62. The zero-order valence-electron chi connectivity index (χ0n) is 9.93. The van der Waals surface area contributed by atoms with Gasteiger partial charge in [0, 0.05) is 24.3 Å². The van der Waals surface area contributed by atoms with Crippen LogP contribution in [-0.4, -0.2) is 30.8 Å².